The molecule has 0 bridgehead atoms. The topological polar surface area (TPSA) is 101 Å². The molecule has 1 saturated heterocycles. The third-order valence-corrected chi connectivity index (χ3v) is 27.4. The van der Waals surface area contributed by atoms with Crippen molar-refractivity contribution in [1.82, 2.24) is 24.9 Å². The van der Waals surface area contributed by atoms with Gasteiger partial charge in [-0.05, 0) is 218 Å². The van der Waals surface area contributed by atoms with Gasteiger partial charge in [-0.25, -0.2) is 0 Å². The first kappa shape index (κ1) is 108. The van der Waals surface area contributed by atoms with Crippen LogP contribution in [0.4, 0.5) is 0 Å². The van der Waals surface area contributed by atoms with Gasteiger partial charge >= 0.3 is 7.12 Å². The van der Waals surface area contributed by atoms with Crippen molar-refractivity contribution in [2.75, 3.05) is 14.2 Å². The molecule has 0 spiro atoms. The largest absolute Gasteiger partial charge is 0.496 e. The number of aryl methyl sites for hydroxylation is 2. The number of aromatic nitrogens is 5. The number of methoxy groups -OCH3 is 2. The molecule has 17 rings (SSSR count). The van der Waals surface area contributed by atoms with Gasteiger partial charge in [0.2, 0.25) is 0 Å². The van der Waals surface area contributed by atoms with E-state index in [1.54, 1.807) is 19.5 Å². The zero-order valence-corrected chi connectivity index (χ0v) is 89.6. The SMILES string of the molecule is Brc1ccccc1.CC(C)Cc1ccc(-c2[c-]ccc(-c3ccccc3)c2)nc1.CC(C)Cc1ccc(-c2[c-]ccc(B3OC(C)(C)C(C)(C)O3)c2)nc1.CC(C)Cc1ccc(-c2[c-]cccc2)nc1.CC(C)Cc1ccc(-c2[c-]cccc2)nc1.COc1cccc(OC)c1-c1ccccc1P(C1CCCCC1)C1CCCCC1.Cc1cc[c-]c(-c2cccc(C)n2)c1.[Ir].[Ir].[Ir]. The van der Waals surface area contributed by atoms with E-state index in [4.69, 9.17) is 18.8 Å². The number of halogens is 1. The van der Waals surface area contributed by atoms with E-state index in [-0.39, 0.29) is 86.6 Å². The summed E-state index contributed by atoms with van der Waals surface area (Å²) in [7, 11) is 2.99. The summed E-state index contributed by atoms with van der Waals surface area (Å²) >= 11 is 3.31. The second-order valence-corrected chi connectivity index (χ2v) is 40.1. The van der Waals surface area contributed by atoms with Crippen LogP contribution in [0.15, 0.2) is 302 Å². The van der Waals surface area contributed by atoms with Crippen LogP contribution in [-0.2, 0) is 95.3 Å². The molecule has 132 heavy (non-hydrogen) atoms. The van der Waals surface area contributed by atoms with E-state index >= 15 is 0 Å². The predicted octanol–water partition coefficient (Wildman–Crippen LogP) is 29.7. The molecule has 0 amide bonds. The maximum Gasteiger partial charge on any atom is 0.475 e. The molecule has 0 N–H and O–H groups in total. The minimum absolute atomic E-state index is 0. The van der Waals surface area contributed by atoms with Crippen molar-refractivity contribution < 1.29 is 79.1 Å². The van der Waals surface area contributed by atoms with Crippen LogP contribution < -0.4 is 20.2 Å². The number of pyridine rings is 5. The standard InChI is InChI=1S/C26H35O2P.C21H27BNO2.C21H20N.2C15H16N.C13H12N.C6H5Br.3Ir/c1-27-23-17-11-18-24(28-2)26(23)22-16-9-10-19-25(22)29(20-12-5-3-6-13-20)21-14-7-4-8-15-21;1-15(2)12-16-10-11-19(23-14-16)17-8-7-9-18(13-17)22-24-20(3,4)21(5,6)25-22;1-16(2)13-17-11-12-21(22-15-17)20-10-6-9-19(14-20)18-7-4-3-5-8-18;2*1-12(2)10-13-8-9-15(16-11-13)14-6-4-3-5-7-14;1-10-5-3-7-12(9-10)13-8-4-6-11(2)14-13;7-6-4-2-1-3-5-6;;;/h9-11,16-21H,3-8,12-15H2,1-2H3;7,9-11,13-15H,12H2,1-6H3;3-9,11-12,14-16H,13H2,1-2H3;2*3-6,8-9,11-12H,10H2,1-2H3;3-6,8-9H,1-2H3;1-5H;;;/q;5*-1;;;;. The Bertz CT molecular complexity index is 5440. The maximum absolute atomic E-state index is 6.15. The van der Waals surface area contributed by atoms with Crippen LogP contribution >= 0.6 is 23.9 Å². The molecular formula is C117H131BBrIr3N5O4P-5. The van der Waals surface area contributed by atoms with Crippen LogP contribution in [0.2, 0.25) is 0 Å². The molecule has 3 fully saturated rings. The van der Waals surface area contributed by atoms with Crippen molar-refractivity contribution in [3.63, 3.8) is 0 Å². The molecule has 9 aromatic carbocycles. The van der Waals surface area contributed by atoms with Crippen molar-refractivity contribution >= 4 is 41.7 Å². The van der Waals surface area contributed by atoms with Crippen molar-refractivity contribution in [1.29, 1.82) is 0 Å². The number of nitrogens with zero attached hydrogens (tertiary/aromatic N) is 5. The third-order valence-electron chi connectivity index (χ3n) is 23.3. The Kier molecular flexibility index (Phi) is 45.9. The molecule has 0 atom stereocenters. The number of benzene rings is 9. The summed E-state index contributed by atoms with van der Waals surface area (Å²) in [5.41, 5.74) is 24.4. The fraction of sp³-hybridized carbons (Fsp3) is 0.325. The second-order valence-electron chi connectivity index (χ2n) is 36.4. The number of hydrogen-bond acceptors (Lipinski definition) is 9. The predicted molar refractivity (Wildman–Crippen MR) is 547 cm³/mol. The first-order chi connectivity index (χ1) is 62.4. The molecule has 695 valence electrons. The zero-order valence-electron chi connectivity index (χ0n) is 79.9. The van der Waals surface area contributed by atoms with Gasteiger partial charge in [0.1, 0.15) is 11.5 Å². The van der Waals surface area contributed by atoms with E-state index in [0.717, 1.165) is 126 Å². The maximum atomic E-state index is 6.15. The Hall–Kier alpha value is -8.83. The molecule has 5 aromatic heterocycles. The summed E-state index contributed by atoms with van der Waals surface area (Å²) in [5, 5.41) is 1.59. The van der Waals surface area contributed by atoms with Gasteiger partial charge in [0.05, 0.1) is 31.0 Å². The number of hydrogen-bond donors (Lipinski definition) is 0. The van der Waals surface area contributed by atoms with E-state index in [2.05, 4.69) is 295 Å². The summed E-state index contributed by atoms with van der Waals surface area (Å²) < 4.78 is 25.0. The van der Waals surface area contributed by atoms with Gasteiger partial charge in [0.15, 0.2) is 0 Å². The average Bonchev–Trinajstić information content (AvgIpc) is 1.77. The molecule has 6 heterocycles. The zero-order chi connectivity index (χ0) is 91.5. The van der Waals surface area contributed by atoms with E-state index in [1.807, 2.05) is 171 Å². The molecule has 3 radical (unpaired) electrons. The summed E-state index contributed by atoms with van der Waals surface area (Å²) in [6.07, 6.45) is 26.3. The number of ether oxygens (including phenoxy) is 2. The summed E-state index contributed by atoms with van der Waals surface area (Å²) in [5.74, 6) is 4.47. The fourth-order valence-electron chi connectivity index (χ4n) is 16.3. The van der Waals surface area contributed by atoms with Gasteiger partial charge in [-0.2, -0.15) is 0 Å². The van der Waals surface area contributed by atoms with Crippen LogP contribution in [0.5, 0.6) is 11.5 Å². The van der Waals surface area contributed by atoms with E-state index in [1.165, 1.54) is 109 Å². The van der Waals surface area contributed by atoms with Gasteiger partial charge in [-0.1, -0.05) is 264 Å². The van der Waals surface area contributed by atoms with Crippen LogP contribution in [0.3, 0.4) is 0 Å². The molecular weight excluding hydrogens is 2240 g/mol. The monoisotopic (exact) mass is 2370 g/mol. The van der Waals surface area contributed by atoms with E-state index in [9.17, 15) is 0 Å². The molecule has 2 aliphatic carbocycles. The van der Waals surface area contributed by atoms with Crippen LogP contribution in [0, 0.1) is 67.9 Å². The average molecular weight is 2370 g/mol. The van der Waals surface area contributed by atoms with Gasteiger partial charge in [0.25, 0.3) is 0 Å². The molecule has 14 aromatic rings. The summed E-state index contributed by atoms with van der Waals surface area (Å²) in [6.45, 7) is 30.1. The van der Waals surface area contributed by atoms with Gasteiger partial charge in [-0.15, -0.1) is 178 Å². The Labute approximate surface area is 841 Å². The second kappa shape index (κ2) is 55.9. The number of rotatable bonds is 21. The minimum atomic E-state index is -0.362. The van der Waals surface area contributed by atoms with Crippen molar-refractivity contribution in [2.24, 2.45) is 23.7 Å². The Morgan fingerprint density at radius 3 is 1.18 bits per heavy atom. The van der Waals surface area contributed by atoms with Crippen molar-refractivity contribution in [3.8, 4) is 90.0 Å². The van der Waals surface area contributed by atoms with Crippen molar-refractivity contribution in [3.05, 3.63) is 366 Å². The molecule has 0 unspecified atom stereocenters. The third kappa shape index (κ3) is 33.9. The molecule has 9 nitrogen and oxygen atoms in total. The Balaban J connectivity index is 0.000000194. The molecule has 15 heteroatoms. The fourth-order valence-corrected chi connectivity index (χ4v) is 20.5. The molecule has 1 aliphatic heterocycles. The molecule has 3 aliphatic rings. The normalized spacial score (nSPS) is 13.6. The summed E-state index contributed by atoms with van der Waals surface area (Å²) in [6, 6.07) is 109. The Morgan fingerprint density at radius 2 is 0.780 bits per heavy atom. The van der Waals surface area contributed by atoms with Crippen molar-refractivity contribution in [2.45, 2.75) is 209 Å². The smallest absolute Gasteiger partial charge is 0.475 e. The van der Waals surface area contributed by atoms with Crippen LogP contribution in [-0.4, -0.2) is 68.8 Å². The van der Waals surface area contributed by atoms with Gasteiger partial charge in [0, 0.05) is 95.3 Å². The minimum Gasteiger partial charge on any atom is -0.496 e. The van der Waals surface area contributed by atoms with Crippen LogP contribution in [0.1, 0.15) is 181 Å². The first-order valence-corrected chi connectivity index (χ1v) is 48.6. The van der Waals surface area contributed by atoms with E-state index < -0.39 is 0 Å². The van der Waals surface area contributed by atoms with Gasteiger partial charge < -0.3 is 43.7 Å². The Morgan fingerprint density at radius 1 is 0.386 bits per heavy atom. The first-order valence-electron chi connectivity index (χ1n) is 46.3. The summed E-state index contributed by atoms with van der Waals surface area (Å²) in [4.78, 5) is 22.6. The quantitative estimate of drug-likeness (QED) is 0.0395. The van der Waals surface area contributed by atoms with E-state index in [0.29, 0.717) is 23.7 Å². The molecule has 2 saturated carbocycles. The van der Waals surface area contributed by atoms with Crippen LogP contribution in [0.25, 0.3) is 78.5 Å². The van der Waals surface area contributed by atoms with Gasteiger partial charge in [-0.3, -0.25) is 0 Å².